The van der Waals surface area contributed by atoms with Crippen LogP contribution >= 0.6 is 0 Å². The van der Waals surface area contributed by atoms with Crippen LogP contribution in [-0.2, 0) is 11.3 Å². The Morgan fingerprint density at radius 3 is 2.73 bits per heavy atom. The van der Waals surface area contributed by atoms with Crippen LogP contribution < -0.4 is 0 Å². The van der Waals surface area contributed by atoms with E-state index in [0.717, 1.165) is 55.8 Å². The minimum absolute atomic E-state index is 0.575. The van der Waals surface area contributed by atoms with Gasteiger partial charge in [-0.2, -0.15) is 0 Å². The molecule has 1 aromatic heterocycles. The third kappa shape index (κ3) is 4.48. The lowest BCUT2D eigenvalue weighted by Crippen LogP contribution is -2.37. The van der Waals surface area contributed by atoms with Gasteiger partial charge >= 0.3 is 5.97 Å². The Morgan fingerprint density at radius 2 is 2.04 bits per heavy atom. The number of carbonyl (C=O) groups is 1. The highest BCUT2D eigenvalue weighted by atomic mass is 16.4. The van der Waals surface area contributed by atoms with Crippen molar-refractivity contribution in [2.75, 3.05) is 26.2 Å². The van der Waals surface area contributed by atoms with Crippen LogP contribution in [0.4, 0.5) is 0 Å². The summed E-state index contributed by atoms with van der Waals surface area (Å²) in [5.74, 6) is -0.766. The van der Waals surface area contributed by atoms with E-state index in [-0.39, 0.29) is 0 Å². The lowest BCUT2D eigenvalue weighted by molar-refractivity contribution is -0.143. The monoisotopic (exact) mass is 353 g/mol. The zero-order valence-electron chi connectivity index (χ0n) is 15.6. The second kappa shape index (κ2) is 8.43. The number of benzene rings is 1. The molecule has 1 aliphatic heterocycles. The van der Waals surface area contributed by atoms with Crippen LogP contribution in [0.15, 0.2) is 42.7 Å². The molecule has 0 saturated carbocycles. The Labute approximate surface area is 155 Å². The molecule has 1 aliphatic rings. The maximum Gasteiger partial charge on any atom is 0.325 e. The lowest BCUT2D eigenvalue weighted by Gasteiger charge is -2.29. The van der Waals surface area contributed by atoms with Crippen molar-refractivity contribution < 1.29 is 9.90 Å². The van der Waals surface area contributed by atoms with Crippen LogP contribution in [0.2, 0.25) is 0 Å². The predicted molar refractivity (Wildman–Crippen MR) is 102 cm³/mol. The highest BCUT2D eigenvalue weighted by Crippen LogP contribution is 2.26. The number of hydrogen-bond donors (Lipinski definition) is 1. The van der Waals surface area contributed by atoms with Crippen molar-refractivity contribution in [3.8, 4) is 0 Å². The van der Waals surface area contributed by atoms with Gasteiger partial charge < -0.3 is 5.11 Å². The second-order valence-corrected chi connectivity index (χ2v) is 7.13. The van der Waals surface area contributed by atoms with E-state index in [1.807, 2.05) is 38.2 Å². The van der Waals surface area contributed by atoms with Gasteiger partial charge in [-0.25, -0.2) is 0 Å². The van der Waals surface area contributed by atoms with Crippen molar-refractivity contribution in [2.24, 2.45) is 0 Å². The number of carboxylic acids is 1. The summed E-state index contributed by atoms with van der Waals surface area (Å²) >= 11 is 0. The van der Waals surface area contributed by atoms with E-state index in [4.69, 9.17) is 0 Å². The molecular weight excluding hydrogens is 326 g/mol. The average molecular weight is 353 g/mol. The normalized spacial score (nSPS) is 17.6. The third-order valence-corrected chi connectivity index (χ3v) is 5.07. The number of nitrogens with zero attached hydrogens (tertiary/aromatic N) is 3. The molecule has 2 heterocycles. The molecule has 1 atom stereocenters. The van der Waals surface area contributed by atoms with Gasteiger partial charge in [0, 0.05) is 38.6 Å². The molecule has 1 N–H and O–H groups in total. The first-order valence-corrected chi connectivity index (χ1v) is 9.20. The van der Waals surface area contributed by atoms with Crippen LogP contribution in [-0.4, -0.2) is 52.0 Å². The summed E-state index contributed by atoms with van der Waals surface area (Å²) in [7, 11) is 0. The Morgan fingerprint density at radius 1 is 1.19 bits per heavy atom. The van der Waals surface area contributed by atoms with E-state index in [1.54, 1.807) is 6.20 Å². The Kier molecular flexibility index (Phi) is 6.01. The number of hydrogen-bond acceptors (Lipinski definition) is 4. The molecule has 0 aliphatic carbocycles. The van der Waals surface area contributed by atoms with Crippen LogP contribution in [0.25, 0.3) is 0 Å². The summed E-state index contributed by atoms with van der Waals surface area (Å²) in [6.07, 6.45) is 4.66. The maximum absolute atomic E-state index is 12.1. The lowest BCUT2D eigenvalue weighted by atomic mass is 9.98. The minimum Gasteiger partial charge on any atom is -0.480 e. The number of rotatable bonds is 5. The quantitative estimate of drug-likeness (QED) is 0.895. The van der Waals surface area contributed by atoms with Crippen LogP contribution in [0.1, 0.15) is 34.7 Å². The molecule has 138 valence electrons. The van der Waals surface area contributed by atoms with Crippen molar-refractivity contribution in [3.05, 3.63) is 65.0 Å². The van der Waals surface area contributed by atoms with E-state index in [2.05, 4.69) is 26.9 Å². The fourth-order valence-electron chi connectivity index (χ4n) is 3.78. The molecule has 3 rings (SSSR count). The average Bonchev–Trinajstić information content (AvgIpc) is 2.83. The van der Waals surface area contributed by atoms with Gasteiger partial charge in [0.25, 0.3) is 0 Å². The summed E-state index contributed by atoms with van der Waals surface area (Å²) in [5.41, 5.74) is 4.32. The number of carboxylic acid groups (broad SMARTS) is 1. The number of aromatic nitrogens is 1. The zero-order chi connectivity index (χ0) is 18.5. The van der Waals surface area contributed by atoms with Gasteiger partial charge in [-0.3, -0.25) is 19.6 Å². The first-order chi connectivity index (χ1) is 12.5. The van der Waals surface area contributed by atoms with Crippen LogP contribution in [0.3, 0.4) is 0 Å². The third-order valence-electron chi connectivity index (χ3n) is 5.07. The molecule has 1 saturated heterocycles. The minimum atomic E-state index is -0.766. The van der Waals surface area contributed by atoms with Crippen molar-refractivity contribution in [2.45, 2.75) is 32.9 Å². The van der Waals surface area contributed by atoms with E-state index in [9.17, 15) is 9.90 Å². The molecule has 1 unspecified atom stereocenters. The number of aryl methyl sites for hydroxylation is 2. The van der Waals surface area contributed by atoms with Gasteiger partial charge in [0.1, 0.15) is 6.04 Å². The van der Waals surface area contributed by atoms with E-state index >= 15 is 0 Å². The highest BCUT2D eigenvalue weighted by molar-refractivity contribution is 5.76. The first-order valence-electron chi connectivity index (χ1n) is 9.20. The highest BCUT2D eigenvalue weighted by Gasteiger charge is 2.30. The second-order valence-electron chi connectivity index (χ2n) is 7.13. The fraction of sp³-hybridized carbons (Fsp3) is 0.429. The Hall–Kier alpha value is -2.24. The van der Waals surface area contributed by atoms with Crippen molar-refractivity contribution in [3.63, 3.8) is 0 Å². The van der Waals surface area contributed by atoms with Gasteiger partial charge in [0.15, 0.2) is 0 Å². The van der Waals surface area contributed by atoms with E-state index in [0.29, 0.717) is 0 Å². The molecule has 5 nitrogen and oxygen atoms in total. The molecular formula is C21H27N3O2. The van der Waals surface area contributed by atoms with Gasteiger partial charge in [-0.15, -0.1) is 0 Å². The predicted octanol–water partition coefficient (Wildman–Crippen LogP) is 3.03. The molecule has 2 aromatic rings. The summed E-state index contributed by atoms with van der Waals surface area (Å²) in [5, 5.41) is 9.90. The molecule has 0 spiro atoms. The molecule has 5 heteroatoms. The maximum atomic E-state index is 12.1. The first kappa shape index (κ1) is 18.5. The Balaban J connectivity index is 1.72. The zero-order valence-corrected chi connectivity index (χ0v) is 15.6. The van der Waals surface area contributed by atoms with Crippen molar-refractivity contribution in [1.82, 2.24) is 14.8 Å². The van der Waals surface area contributed by atoms with Crippen molar-refractivity contribution >= 4 is 5.97 Å². The van der Waals surface area contributed by atoms with Crippen LogP contribution in [0, 0.1) is 13.8 Å². The standard InChI is InChI=1S/C21H27N3O2/c1-16-6-7-19(17(2)13-16)20(21(25)26)24-10-4-9-23(11-12-24)15-18-5-3-8-22-14-18/h3,5-8,13-14,20H,4,9-12,15H2,1-2H3,(H,25,26). The summed E-state index contributed by atoms with van der Waals surface area (Å²) < 4.78 is 0. The molecule has 26 heavy (non-hydrogen) atoms. The molecule has 0 bridgehead atoms. The summed E-state index contributed by atoms with van der Waals surface area (Å²) in [4.78, 5) is 20.7. The fourth-order valence-corrected chi connectivity index (χ4v) is 3.78. The van der Waals surface area contributed by atoms with Gasteiger partial charge in [0.05, 0.1) is 0 Å². The molecule has 1 fully saturated rings. The smallest absolute Gasteiger partial charge is 0.325 e. The largest absolute Gasteiger partial charge is 0.480 e. The summed E-state index contributed by atoms with van der Waals surface area (Å²) in [6.45, 7) is 8.30. The van der Waals surface area contributed by atoms with Crippen LogP contribution in [0.5, 0.6) is 0 Å². The van der Waals surface area contributed by atoms with Gasteiger partial charge in [0.2, 0.25) is 0 Å². The molecule has 0 radical (unpaired) electrons. The molecule has 0 amide bonds. The topological polar surface area (TPSA) is 56.7 Å². The summed E-state index contributed by atoms with van der Waals surface area (Å²) in [6, 6.07) is 9.52. The van der Waals surface area contributed by atoms with Gasteiger partial charge in [-0.05, 0) is 49.6 Å². The Bertz CT molecular complexity index is 748. The molecule has 1 aromatic carbocycles. The SMILES string of the molecule is Cc1ccc(C(C(=O)O)N2CCCN(Cc3cccnc3)CC2)c(C)c1. The van der Waals surface area contributed by atoms with E-state index < -0.39 is 12.0 Å². The van der Waals surface area contributed by atoms with Crippen molar-refractivity contribution in [1.29, 1.82) is 0 Å². The number of pyridine rings is 1. The van der Waals surface area contributed by atoms with E-state index in [1.165, 1.54) is 5.56 Å². The number of aliphatic carboxylic acids is 1. The van der Waals surface area contributed by atoms with Gasteiger partial charge in [-0.1, -0.05) is 29.8 Å².